The molecule has 1 aliphatic heterocycles. The van der Waals surface area contributed by atoms with Gasteiger partial charge in [0.15, 0.2) is 0 Å². The molecule has 0 saturated heterocycles. The highest BCUT2D eigenvalue weighted by molar-refractivity contribution is 6.17. The number of nitrogens with zero attached hydrogens (tertiary/aromatic N) is 2. The van der Waals surface area contributed by atoms with Crippen LogP contribution in [0.2, 0.25) is 0 Å². The van der Waals surface area contributed by atoms with Gasteiger partial charge in [0.1, 0.15) is 0 Å². The highest BCUT2D eigenvalue weighted by Crippen LogP contribution is 2.20. The predicted octanol–water partition coefficient (Wildman–Crippen LogP) is 2.75. The van der Waals surface area contributed by atoms with Crippen molar-refractivity contribution in [1.82, 2.24) is 0 Å². The smallest absolute Gasteiger partial charge is 0.253 e. The lowest BCUT2D eigenvalue weighted by Crippen LogP contribution is -2.19. The summed E-state index contributed by atoms with van der Waals surface area (Å²) in [6.45, 7) is 4.00. The summed E-state index contributed by atoms with van der Waals surface area (Å²) in [5.74, 6) is 0.0266. The van der Waals surface area contributed by atoms with Crippen LogP contribution in [-0.4, -0.2) is 11.6 Å². The Hall–Kier alpha value is -1.90. The van der Waals surface area contributed by atoms with Crippen molar-refractivity contribution in [3.63, 3.8) is 0 Å². The molecule has 0 aliphatic carbocycles. The molecule has 0 bridgehead atoms. The van der Waals surface area contributed by atoms with Crippen LogP contribution < -0.4 is 5.01 Å². The number of allylic oxidation sites excluding steroid dienone is 2. The molecule has 1 aromatic rings. The van der Waals surface area contributed by atoms with Crippen LogP contribution in [0.25, 0.3) is 0 Å². The summed E-state index contributed by atoms with van der Waals surface area (Å²) in [7, 11) is 0. The van der Waals surface area contributed by atoms with Gasteiger partial charge in [-0.25, -0.2) is 5.01 Å². The van der Waals surface area contributed by atoms with Crippen molar-refractivity contribution in [1.29, 1.82) is 0 Å². The molecule has 3 nitrogen and oxygen atoms in total. The van der Waals surface area contributed by atoms with Crippen molar-refractivity contribution in [2.45, 2.75) is 20.3 Å². The second-order valence-electron chi connectivity index (χ2n) is 4.03. The third-order valence-corrected chi connectivity index (χ3v) is 2.25. The van der Waals surface area contributed by atoms with Crippen LogP contribution in [0.4, 0.5) is 5.69 Å². The summed E-state index contributed by atoms with van der Waals surface area (Å²) in [4.78, 5) is 11.7. The van der Waals surface area contributed by atoms with Crippen molar-refractivity contribution in [2.24, 2.45) is 5.10 Å². The molecule has 0 unspecified atom stereocenters. The third-order valence-electron chi connectivity index (χ3n) is 2.25. The maximum atomic E-state index is 11.7. The van der Waals surface area contributed by atoms with Crippen LogP contribution >= 0.6 is 0 Å². The third kappa shape index (κ3) is 2.19. The SMILES string of the molecule is CC(C)=CC1=NN(c2ccccc2)C(=O)C1. The van der Waals surface area contributed by atoms with Gasteiger partial charge in [0.05, 0.1) is 17.8 Å². The number of hydrogen-bond acceptors (Lipinski definition) is 2. The summed E-state index contributed by atoms with van der Waals surface area (Å²) in [5.41, 5.74) is 2.81. The van der Waals surface area contributed by atoms with E-state index in [0.29, 0.717) is 6.42 Å². The minimum absolute atomic E-state index is 0.0266. The number of rotatable bonds is 2. The lowest BCUT2D eigenvalue weighted by molar-refractivity contribution is -0.116. The minimum Gasteiger partial charge on any atom is -0.272 e. The van der Waals surface area contributed by atoms with Gasteiger partial charge in [0.2, 0.25) is 0 Å². The fourth-order valence-corrected chi connectivity index (χ4v) is 1.63. The van der Waals surface area contributed by atoms with Gasteiger partial charge in [0.25, 0.3) is 5.91 Å². The summed E-state index contributed by atoms with van der Waals surface area (Å²) < 4.78 is 0. The van der Waals surface area contributed by atoms with Gasteiger partial charge in [-0.2, -0.15) is 5.10 Å². The summed E-state index contributed by atoms with van der Waals surface area (Å²) >= 11 is 0. The lowest BCUT2D eigenvalue weighted by atomic mass is 10.2. The molecule has 0 saturated carbocycles. The molecule has 0 N–H and O–H groups in total. The van der Waals surface area contributed by atoms with Gasteiger partial charge in [0, 0.05) is 0 Å². The quantitative estimate of drug-likeness (QED) is 0.745. The largest absolute Gasteiger partial charge is 0.272 e. The topological polar surface area (TPSA) is 32.7 Å². The van der Waals surface area contributed by atoms with E-state index in [1.165, 1.54) is 5.01 Å². The molecule has 0 radical (unpaired) electrons. The zero-order chi connectivity index (χ0) is 11.5. The van der Waals surface area contributed by atoms with E-state index in [2.05, 4.69) is 5.10 Å². The number of benzene rings is 1. The van der Waals surface area contributed by atoms with Crippen LogP contribution in [0.1, 0.15) is 20.3 Å². The number of amides is 1. The average molecular weight is 214 g/mol. The number of hydrazone groups is 1. The molecular weight excluding hydrogens is 200 g/mol. The van der Waals surface area contributed by atoms with E-state index < -0.39 is 0 Å². The van der Waals surface area contributed by atoms with E-state index in [-0.39, 0.29) is 5.91 Å². The Morgan fingerprint density at radius 1 is 1.31 bits per heavy atom. The Morgan fingerprint density at radius 3 is 2.62 bits per heavy atom. The first kappa shape index (κ1) is 10.6. The maximum Gasteiger partial charge on any atom is 0.253 e. The Balaban J connectivity index is 2.27. The van der Waals surface area contributed by atoms with Gasteiger partial charge >= 0.3 is 0 Å². The summed E-state index contributed by atoms with van der Waals surface area (Å²) in [5, 5.41) is 5.77. The maximum absolute atomic E-state index is 11.7. The number of carbonyl (C=O) groups excluding carboxylic acids is 1. The normalized spacial score (nSPS) is 15.0. The lowest BCUT2D eigenvalue weighted by Gasteiger charge is -2.10. The molecule has 0 atom stereocenters. The first-order valence-corrected chi connectivity index (χ1v) is 5.27. The second kappa shape index (κ2) is 4.31. The van der Waals surface area contributed by atoms with Crippen LogP contribution in [-0.2, 0) is 4.79 Å². The van der Waals surface area contributed by atoms with Gasteiger partial charge in [-0.05, 0) is 32.1 Å². The van der Waals surface area contributed by atoms with Crippen molar-refractivity contribution in [2.75, 3.05) is 5.01 Å². The Bertz CT molecular complexity index is 456. The number of anilines is 1. The summed E-state index contributed by atoms with van der Waals surface area (Å²) in [6.07, 6.45) is 2.33. The Labute approximate surface area is 95.1 Å². The van der Waals surface area contributed by atoms with Crippen molar-refractivity contribution >= 4 is 17.3 Å². The van der Waals surface area contributed by atoms with E-state index in [0.717, 1.165) is 17.0 Å². The van der Waals surface area contributed by atoms with Crippen LogP contribution in [0, 0.1) is 0 Å². The van der Waals surface area contributed by atoms with Gasteiger partial charge < -0.3 is 0 Å². The molecule has 16 heavy (non-hydrogen) atoms. The molecule has 0 aromatic heterocycles. The molecule has 82 valence electrons. The van der Waals surface area contributed by atoms with Crippen LogP contribution in [0.3, 0.4) is 0 Å². The zero-order valence-corrected chi connectivity index (χ0v) is 9.47. The van der Waals surface area contributed by atoms with E-state index in [1.807, 2.05) is 50.3 Å². The minimum atomic E-state index is 0.0266. The fourth-order valence-electron chi connectivity index (χ4n) is 1.63. The Kier molecular flexibility index (Phi) is 2.86. The standard InChI is InChI=1S/C13H14N2O/c1-10(2)8-11-9-13(16)15(14-11)12-6-4-3-5-7-12/h3-8H,9H2,1-2H3. The van der Waals surface area contributed by atoms with Crippen molar-refractivity contribution in [3.05, 3.63) is 42.0 Å². The average Bonchev–Trinajstić information content (AvgIpc) is 2.60. The van der Waals surface area contributed by atoms with E-state index in [4.69, 9.17) is 0 Å². The number of para-hydroxylation sites is 1. The number of hydrogen-bond donors (Lipinski definition) is 0. The predicted molar refractivity (Wildman–Crippen MR) is 65.4 cm³/mol. The van der Waals surface area contributed by atoms with Gasteiger partial charge in [-0.1, -0.05) is 23.8 Å². The fraction of sp³-hybridized carbons (Fsp3) is 0.231. The van der Waals surface area contributed by atoms with Crippen LogP contribution in [0.15, 0.2) is 47.1 Å². The summed E-state index contributed by atoms with van der Waals surface area (Å²) in [6, 6.07) is 9.48. The molecule has 1 aliphatic rings. The van der Waals surface area contributed by atoms with E-state index >= 15 is 0 Å². The van der Waals surface area contributed by atoms with E-state index in [9.17, 15) is 4.79 Å². The monoisotopic (exact) mass is 214 g/mol. The number of carbonyl (C=O) groups is 1. The molecule has 1 aromatic carbocycles. The van der Waals surface area contributed by atoms with Crippen molar-refractivity contribution in [3.8, 4) is 0 Å². The van der Waals surface area contributed by atoms with Crippen LogP contribution in [0.5, 0.6) is 0 Å². The molecular formula is C13H14N2O. The molecule has 2 rings (SSSR count). The molecule has 1 amide bonds. The molecule has 0 fully saturated rings. The highest BCUT2D eigenvalue weighted by atomic mass is 16.2. The first-order valence-electron chi connectivity index (χ1n) is 5.27. The zero-order valence-electron chi connectivity index (χ0n) is 9.47. The second-order valence-corrected chi connectivity index (χ2v) is 4.03. The Morgan fingerprint density at radius 2 is 2.00 bits per heavy atom. The van der Waals surface area contributed by atoms with Gasteiger partial charge in [-0.3, -0.25) is 4.79 Å². The van der Waals surface area contributed by atoms with Crippen molar-refractivity contribution < 1.29 is 4.79 Å². The highest BCUT2D eigenvalue weighted by Gasteiger charge is 2.23. The molecule has 3 heteroatoms. The first-order chi connectivity index (χ1) is 7.66. The molecule has 0 spiro atoms. The van der Waals surface area contributed by atoms with Gasteiger partial charge in [-0.15, -0.1) is 0 Å². The van der Waals surface area contributed by atoms with E-state index in [1.54, 1.807) is 0 Å². The molecule has 1 heterocycles.